The minimum atomic E-state index is -3.87. The molecule has 4 rings (SSSR count). The van der Waals surface area contributed by atoms with E-state index in [9.17, 15) is 17.6 Å². The predicted octanol–water partition coefficient (Wildman–Crippen LogP) is 3.57. The normalized spacial score (nSPS) is 23.6. The first-order valence-corrected chi connectivity index (χ1v) is 10.9. The van der Waals surface area contributed by atoms with Crippen LogP contribution < -0.4 is 9.62 Å². The van der Waals surface area contributed by atoms with Gasteiger partial charge in [-0.05, 0) is 73.6 Å². The van der Waals surface area contributed by atoms with Gasteiger partial charge < -0.3 is 5.32 Å². The number of sulfonamides is 1. The lowest BCUT2D eigenvalue weighted by Crippen LogP contribution is -2.38. The van der Waals surface area contributed by atoms with E-state index in [1.807, 2.05) is 0 Å². The van der Waals surface area contributed by atoms with Crippen LogP contribution in [0.2, 0.25) is 0 Å². The molecule has 2 fully saturated rings. The summed E-state index contributed by atoms with van der Waals surface area (Å²) in [5.74, 6) is 0.588. The van der Waals surface area contributed by atoms with Crippen molar-refractivity contribution in [3.8, 4) is 0 Å². The van der Waals surface area contributed by atoms with Crippen LogP contribution in [-0.2, 0) is 10.0 Å². The van der Waals surface area contributed by atoms with Crippen molar-refractivity contribution in [3.05, 3.63) is 59.9 Å². The lowest BCUT2D eigenvalue weighted by Gasteiger charge is -2.23. The summed E-state index contributed by atoms with van der Waals surface area (Å²) < 4.78 is 40.1. The molecule has 148 valence electrons. The number of anilines is 1. The number of carbonyl (C=O) groups is 1. The van der Waals surface area contributed by atoms with E-state index >= 15 is 0 Å². The molecule has 0 aliphatic heterocycles. The second-order valence-corrected chi connectivity index (χ2v) is 9.70. The molecule has 0 heterocycles. The first kappa shape index (κ1) is 18.9. The Morgan fingerprint density at radius 1 is 1.11 bits per heavy atom. The Morgan fingerprint density at radius 2 is 1.86 bits per heavy atom. The molecular formula is C21H23FN2O3S. The quantitative estimate of drug-likeness (QED) is 0.831. The summed E-state index contributed by atoms with van der Waals surface area (Å²) in [7, 11) is -2.46. The highest BCUT2D eigenvalue weighted by Crippen LogP contribution is 2.44. The predicted molar refractivity (Wildman–Crippen MR) is 105 cm³/mol. The maximum absolute atomic E-state index is 13.1. The smallest absolute Gasteiger partial charge is 0.264 e. The minimum Gasteiger partial charge on any atom is -0.349 e. The number of carbonyl (C=O) groups excluding carboxylic acids is 1. The summed E-state index contributed by atoms with van der Waals surface area (Å²) in [6.07, 6.45) is 4.61. The molecule has 0 aromatic heterocycles. The molecule has 1 amide bonds. The van der Waals surface area contributed by atoms with Gasteiger partial charge in [-0.15, -0.1) is 0 Å². The molecule has 1 N–H and O–H groups in total. The van der Waals surface area contributed by atoms with E-state index in [1.165, 1.54) is 56.3 Å². The maximum Gasteiger partial charge on any atom is 0.264 e. The Bertz CT molecular complexity index is 991. The summed E-state index contributed by atoms with van der Waals surface area (Å²) in [6.45, 7) is 0. The Balaban J connectivity index is 1.53. The monoisotopic (exact) mass is 402 g/mol. The molecule has 2 aromatic rings. The fraction of sp³-hybridized carbons (Fsp3) is 0.381. The zero-order valence-electron chi connectivity index (χ0n) is 15.6. The molecule has 2 bridgehead atoms. The van der Waals surface area contributed by atoms with Crippen molar-refractivity contribution in [2.75, 3.05) is 11.4 Å². The molecular weight excluding hydrogens is 379 g/mol. The van der Waals surface area contributed by atoms with Crippen molar-refractivity contribution in [1.29, 1.82) is 0 Å². The highest BCUT2D eigenvalue weighted by molar-refractivity contribution is 7.92. The first-order valence-electron chi connectivity index (χ1n) is 9.50. The van der Waals surface area contributed by atoms with Gasteiger partial charge in [0.2, 0.25) is 0 Å². The summed E-state index contributed by atoms with van der Waals surface area (Å²) >= 11 is 0. The van der Waals surface area contributed by atoms with Crippen LogP contribution in [0.5, 0.6) is 0 Å². The number of amides is 1. The molecule has 7 heteroatoms. The average molecular weight is 402 g/mol. The van der Waals surface area contributed by atoms with Gasteiger partial charge in [-0.1, -0.05) is 12.5 Å². The molecule has 0 radical (unpaired) electrons. The van der Waals surface area contributed by atoms with Crippen LogP contribution in [0.3, 0.4) is 0 Å². The number of fused-ring (bicyclic) bond motifs is 2. The Labute approximate surface area is 164 Å². The van der Waals surface area contributed by atoms with Gasteiger partial charge in [0.1, 0.15) is 5.82 Å². The summed E-state index contributed by atoms with van der Waals surface area (Å²) in [5, 5.41) is 3.08. The van der Waals surface area contributed by atoms with Crippen molar-refractivity contribution in [1.82, 2.24) is 5.32 Å². The van der Waals surface area contributed by atoms with Crippen LogP contribution in [0.25, 0.3) is 0 Å². The van der Waals surface area contributed by atoms with Crippen molar-refractivity contribution in [2.45, 2.75) is 36.6 Å². The van der Waals surface area contributed by atoms with Crippen LogP contribution in [0, 0.1) is 17.7 Å². The molecule has 0 spiro atoms. The summed E-state index contributed by atoms with van der Waals surface area (Å²) in [4.78, 5) is 12.7. The van der Waals surface area contributed by atoms with E-state index < -0.39 is 15.8 Å². The molecule has 5 nitrogen and oxygen atoms in total. The second kappa shape index (κ2) is 7.20. The van der Waals surface area contributed by atoms with Crippen LogP contribution in [-0.4, -0.2) is 27.4 Å². The molecule has 0 saturated heterocycles. The topological polar surface area (TPSA) is 66.5 Å². The minimum absolute atomic E-state index is 0.0277. The van der Waals surface area contributed by atoms with Gasteiger partial charge in [0, 0.05) is 18.7 Å². The number of halogens is 1. The van der Waals surface area contributed by atoms with Crippen LogP contribution in [0.1, 0.15) is 36.0 Å². The average Bonchev–Trinajstić information content (AvgIpc) is 3.31. The molecule has 2 saturated carbocycles. The van der Waals surface area contributed by atoms with Crippen molar-refractivity contribution in [3.63, 3.8) is 0 Å². The summed E-state index contributed by atoms with van der Waals surface area (Å²) in [6, 6.07) is 11.5. The third-order valence-corrected chi connectivity index (χ3v) is 7.78. The number of nitrogens with one attached hydrogen (secondary N) is 1. The van der Waals surface area contributed by atoms with E-state index in [-0.39, 0.29) is 16.8 Å². The van der Waals surface area contributed by atoms with E-state index in [4.69, 9.17) is 0 Å². The molecule has 2 aliphatic rings. The molecule has 2 aromatic carbocycles. The SMILES string of the molecule is CN(c1ccc(F)cc1)S(=O)(=O)c1cccc(C(=O)N[C@@H]2C[C@@H]3CC[C@@H]2C3)c1. The zero-order chi connectivity index (χ0) is 19.9. The number of hydrogen-bond acceptors (Lipinski definition) is 3. The lowest BCUT2D eigenvalue weighted by atomic mass is 9.95. The Hall–Kier alpha value is -2.41. The van der Waals surface area contributed by atoms with E-state index in [0.29, 0.717) is 23.1 Å². The molecule has 28 heavy (non-hydrogen) atoms. The largest absolute Gasteiger partial charge is 0.349 e. The van der Waals surface area contributed by atoms with Crippen molar-refractivity contribution in [2.24, 2.45) is 11.8 Å². The van der Waals surface area contributed by atoms with Crippen molar-refractivity contribution >= 4 is 21.6 Å². The molecule has 0 unspecified atom stereocenters. The third-order valence-electron chi connectivity index (χ3n) is 6.00. The van der Waals surface area contributed by atoms with E-state index in [1.54, 1.807) is 12.1 Å². The molecule has 3 atom stereocenters. The highest BCUT2D eigenvalue weighted by atomic mass is 32.2. The van der Waals surface area contributed by atoms with E-state index in [0.717, 1.165) is 17.1 Å². The maximum atomic E-state index is 13.1. The Morgan fingerprint density at radius 3 is 2.50 bits per heavy atom. The van der Waals surface area contributed by atoms with E-state index in [2.05, 4.69) is 5.32 Å². The standard InChI is InChI=1S/C21H23FN2O3S/c1-24(18-9-7-17(22)8-10-18)28(26,27)19-4-2-3-16(13-19)21(25)23-20-12-14-5-6-15(20)11-14/h2-4,7-10,13-15,20H,5-6,11-12H2,1H3,(H,23,25)/t14-,15-,20-/m1/s1. The van der Waals surface area contributed by atoms with Gasteiger partial charge in [0.05, 0.1) is 10.6 Å². The Kier molecular flexibility index (Phi) is 4.87. The number of benzene rings is 2. The van der Waals surface area contributed by atoms with Gasteiger partial charge in [-0.2, -0.15) is 0 Å². The number of rotatable bonds is 5. The fourth-order valence-corrected chi connectivity index (χ4v) is 5.66. The van der Waals surface area contributed by atoms with Gasteiger partial charge in [-0.25, -0.2) is 12.8 Å². The number of hydrogen-bond donors (Lipinski definition) is 1. The molecule has 2 aliphatic carbocycles. The van der Waals surface area contributed by atoms with Gasteiger partial charge in [0.15, 0.2) is 0 Å². The summed E-state index contributed by atoms with van der Waals surface area (Å²) in [5.41, 5.74) is 0.676. The van der Waals surface area contributed by atoms with Crippen molar-refractivity contribution < 1.29 is 17.6 Å². The third kappa shape index (κ3) is 3.51. The zero-order valence-corrected chi connectivity index (χ0v) is 16.5. The van der Waals surface area contributed by atoms with Crippen LogP contribution in [0.4, 0.5) is 10.1 Å². The first-order chi connectivity index (χ1) is 13.3. The highest BCUT2D eigenvalue weighted by Gasteiger charge is 2.40. The van der Waals surface area contributed by atoms with Gasteiger partial charge >= 0.3 is 0 Å². The van der Waals surface area contributed by atoms with Crippen LogP contribution >= 0.6 is 0 Å². The van der Waals surface area contributed by atoms with Gasteiger partial charge in [0.25, 0.3) is 15.9 Å². The lowest BCUT2D eigenvalue weighted by molar-refractivity contribution is 0.0922. The fourth-order valence-electron chi connectivity index (χ4n) is 4.42. The van der Waals surface area contributed by atoms with Gasteiger partial charge in [-0.3, -0.25) is 9.10 Å². The number of nitrogens with zero attached hydrogens (tertiary/aromatic N) is 1. The van der Waals surface area contributed by atoms with Crippen LogP contribution in [0.15, 0.2) is 53.4 Å². The second-order valence-electron chi connectivity index (χ2n) is 7.73.